The predicted octanol–water partition coefficient (Wildman–Crippen LogP) is 3.73. The third-order valence-corrected chi connectivity index (χ3v) is 4.54. The summed E-state index contributed by atoms with van der Waals surface area (Å²) in [5.41, 5.74) is 0.883. The molecule has 8 heteroatoms. The fourth-order valence-corrected chi connectivity index (χ4v) is 3.10. The van der Waals surface area contributed by atoms with Crippen molar-refractivity contribution in [2.45, 2.75) is 5.16 Å². The molecule has 0 radical (unpaired) electrons. The van der Waals surface area contributed by atoms with Crippen molar-refractivity contribution in [3.63, 3.8) is 0 Å². The fourth-order valence-electron chi connectivity index (χ4n) is 2.02. The van der Waals surface area contributed by atoms with Crippen LogP contribution in [0, 0.1) is 5.82 Å². The highest BCUT2D eigenvalue weighted by molar-refractivity contribution is 9.10. The van der Waals surface area contributed by atoms with Crippen molar-refractivity contribution in [1.29, 1.82) is 0 Å². The molecule has 0 amide bonds. The largest absolute Gasteiger partial charge is 0.493 e. The summed E-state index contributed by atoms with van der Waals surface area (Å²) in [5.74, 6) is 7.65. The van der Waals surface area contributed by atoms with Gasteiger partial charge < -0.3 is 10.6 Å². The van der Waals surface area contributed by atoms with Crippen molar-refractivity contribution < 1.29 is 9.13 Å². The lowest BCUT2D eigenvalue weighted by atomic mass is 10.2. The number of hydrogen-bond acceptors (Lipinski definition) is 5. The van der Waals surface area contributed by atoms with Crippen LogP contribution in [0.4, 0.5) is 4.39 Å². The maximum absolute atomic E-state index is 12.8. The molecule has 2 N–H and O–H groups in total. The molecule has 2 aromatic carbocycles. The summed E-state index contributed by atoms with van der Waals surface area (Å²) in [5, 5.41) is 8.85. The zero-order valence-electron chi connectivity index (χ0n) is 12.5. The first-order chi connectivity index (χ1) is 11.6. The van der Waals surface area contributed by atoms with Gasteiger partial charge in [0.25, 0.3) is 0 Å². The number of rotatable bonds is 6. The second-order valence-corrected chi connectivity index (χ2v) is 6.82. The van der Waals surface area contributed by atoms with E-state index in [2.05, 4.69) is 26.1 Å². The van der Waals surface area contributed by atoms with E-state index < -0.39 is 0 Å². The van der Waals surface area contributed by atoms with Crippen LogP contribution in [-0.2, 0) is 0 Å². The Labute approximate surface area is 151 Å². The molecule has 1 heterocycles. The molecule has 0 aliphatic carbocycles. The van der Waals surface area contributed by atoms with Gasteiger partial charge >= 0.3 is 0 Å². The number of halogens is 2. The molecule has 1 aromatic heterocycles. The Balaban J connectivity index is 1.57. The highest BCUT2D eigenvalue weighted by Gasteiger charge is 2.12. The maximum atomic E-state index is 12.8. The number of ether oxygens (including phenoxy) is 1. The van der Waals surface area contributed by atoms with Gasteiger partial charge in [0.1, 0.15) is 11.6 Å². The smallest absolute Gasteiger partial charge is 0.210 e. The minimum absolute atomic E-state index is 0.284. The monoisotopic (exact) mass is 408 g/mol. The van der Waals surface area contributed by atoms with Gasteiger partial charge in [-0.2, -0.15) is 0 Å². The molecule has 3 aromatic rings. The summed E-state index contributed by atoms with van der Waals surface area (Å²) in [4.78, 5) is 0. The number of nitrogens with two attached hydrogens (primary N) is 1. The fraction of sp³-hybridized carbons (Fsp3) is 0.125. The third kappa shape index (κ3) is 4.07. The lowest BCUT2D eigenvalue weighted by Gasteiger charge is -2.06. The summed E-state index contributed by atoms with van der Waals surface area (Å²) in [6.45, 7) is 0.454. The number of nitrogen functional groups attached to an aromatic ring is 1. The highest BCUT2D eigenvalue weighted by Crippen LogP contribution is 2.24. The van der Waals surface area contributed by atoms with Crippen molar-refractivity contribution in [1.82, 2.24) is 14.9 Å². The molecule has 0 atom stereocenters. The van der Waals surface area contributed by atoms with E-state index in [-0.39, 0.29) is 5.82 Å². The standard InChI is InChI=1S/C16H14BrFN4OS/c17-12-3-1-2-11(10-12)15-20-21-16(22(15)19)24-9-8-23-14-6-4-13(18)5-7-14/h1-7,10H,8-9,19H2. The first-order valence-electron chi connectivity index (χ1n) is 7.11. The predicted molar refractivity (Wildman–Crippen MR) is 95.9 cm³/mol. The lowest BCUT2D eigenvalue weighted by Crippen LogP contribution is -2.12. The van der Waals surface area contributed by atoms with Crippen LogP contribution in [0.15, 0.2) is 58.2 Å². The zero-order chi connectivity index (χ0) is 16.9. The van der Waals surface area contributed by atoms with Crippen LogP contribution >= 0.6 is 27.7 Å². The maximum Gasteiger partial charge on any atom is 0.210 e. The second-order valence-electron chi connectivity index (χ2n) is 4.84. The third-order valence-electron chi connectivity index (χ3n) is 3.14. The van der Waals surface area contributed by atoms with Crippen molar-refractivity contribution in [2.24, 2.45) is 0 Å². The van der Waals surface area contributed by atoms with Gasteiger partial charge in [0, 0.05) is 15.8 Å². The van der Waals surface area contributed by atoms with Gasteiger partial charge in [0.05, 0.1) is 6.61 Å². The second kappa shape index (κ2) is 7.67. The van der Waals surface area contributed by atoms with Gasteiger partial charge in [-0.15, -0.1) is 10.2 Å². The average molecular weight is 409 g/mol. The number of nitrogens with zero attached hydrogens (tertiary/aromatic N) is 3. The van der Waals surface area contributed by atoms with E-state index in [4.69, 9.17) is 10.6 Å². The van der Waals surface area contributed by atoms with Crippen molar-refractivity contribution in [2.75, 3.05) is 18.2 Å². The van der Waals surface area contributed by atoms with Crippen LogP contribution in [0.3, 0.4) is 0 Å². The van der Waals surface area contributed by atoms with Gasteiger partial charge in [0.15, 0.2) is 5.82 Å². The summed E-state index contributed by atoms with van der Waals surface area (Å²) < 4.78 is 20.8. The summed E-state index contributed by atoms with van der Waals surface area (Å²) >= 11 is 4.87. The van der Waals surface area contributed by atoms with E-state index in [1.54, 1.807) is 12.1 Å². The van der Waals surface area contributed by atoms with Crippen molar-refractivity contribution in [3.8, 4) is 17.1 Å². The first-order valence-corrected chi connectivity index (χ1v) is 8.89. The molecule has 3 rings (SSSR count). The molecule has 0 spiro atoms. The Hall–Kier alpha value is -2.06. The Kier molecular flexibility index (Phi) is 5.37. The SMILES string of the molecule is Nn1c(SCCOc2ccc(F)cc2)nnc1-c1cccc(Br)c1. The molecule has 0 saturated heterocycles. The Morgan fingerprint density at radius 3 is 2.71 bits per heavy atom. The quantitative estimate of drug-likeness (QED) is 0.382. The molecule has 24 heavy (non-hydrogen) atoms. The van der Waals surface area contributed by atoms with Crippen LogP contribution in [0.2, 0.25) is 0 Å². The molecule has 124 valence electrons. The van der Waals surface area contributed by atoms with Gasteiger partial charge in [-0.25, -0.2) is 9.07 Å². The Bertz CT molecular complexity index is 825. The highest BCUT2D eigenvalue weighted by atomic mass is 79.9. The lowest BCUT2D eigenvalue weighted by molar-refractivity contribution is 0.343. The number of aromatic nitrogens is 3. The molecule has 0 bridgehead atoms. The van der Waals surface area contributed by atoms with E-state index in [0.717, 1.165) is 10.0 Å². The molecular formula is C16H14BrFN4OS. The molecule has 0 saturated carbocycles. The van der Waals surface area contributed by atoms with Gasteiger partial charge in [-0.05, 0) is 36.4 Å². The summed E-state index contributed by atoms with van der Waals surface area (Å²) in [6.07, 6.45) is 0. The Morgan fingerprint density at radius 2 is 1.96 bits per heavy atom. The van der Waals surface area contributed by atoms with Crippen LogP contribution in [-0.4, -0.2) is 27.2 Å². The number of benzene rings is 2. The van der Waals surface area contributed by atoms with E-state index in [9.17, 15) is 4.39 Å². The van der Waals surface area contributed by atoms with Crippen molar-refractivity contribution >= 4 is 27.7 Å². The van der Waals surface area contributed by atoms with Crippen LogP contribution in [0.5, 0.6) is 5.75 Å². The normalized spacial score (nSPS) is 10.8. The van der Waals surface area contributed by atoms with E-state index >= 15 is 0 Å². The van der Waals surface area contributed by atoms with E-state index in [1.807, 2.05) is 24.3 Å². The van der Waals surface area contributed by atoms with Gasteiger partial charge in [0.2, 0.25) is 5.16 Å². The van der Waals surface area contributed by atoms with Crippen molar-refractivity contribution in [3.05, 3.63) is 58.8 Å². The van der Waals surface area contributed by atoms with Gasteiger partial charge in [-0.1, -0.05) is 39.8 Å². The van der Waals surface area contributed by atoms with Crippen LogP contribution in [0.1, 0.15) is 0 Å². The minimum atomic E-state index is -0.284. The van der Waals surface area contributed by atoms with Gasteiger partial charge in [-0.3, -0.25) is 0 Å². The van der Waals surface area contributed by atoms with Crippen LogP contribution in [0.25, 0.3) is 11.4 Å². The number of thioether (sulfide) groups is 1. The minimum Gasteiger partial charge on any atom is -0.493 e. The summed E-state index contributed by atoms with van der Waals surface area (Å²) in [7, 11) is 0. The molecule has 0 fully saturated rings. The molecule has 5 nitrogen and oxygen atoms in total. The Morgan fingerprint density at radius 1 is 1.17 bits per heavy atom. The molecular weight excluding hydrogens is 395 g/mol. The molecule has 0 aliphatic heterocycles. The molecule has 0 aliphatic rings. The first kappa shape index (κ1) is 16.8. The average Bonchev–Trinajstić information content (AvgIpc) is 2.94. The zero-order valence-corrected chi connectivity index (χ0v) is 14.9. The van der Waals surface area contributed by atoms with E-state index in [0.29, 0.717) is 29.1 Å². The van der Waals surface area contributed by atoms with E-state index in [1.165, 1.54) is 28.6 Å². The summed E-state index contributed by atoms with van der Waals surface area (Å²) in [6, 6.07) is 13.6. The topological polar surface area (TPSA) is 66.0 Å². The van der Waals surface area contributed by atoms with Crippen LogP contribution < -0.4 is 10.6 Å². The number of hydrogen-bond donors (Lipinski definition) is 1. The molecule has 0 unspecified atom stereocenters.